The Balaban J connectivity index is 2.07. The van der Waals surface area contributed by atoms with Crippen LogP contribution in [-0.2, 0) is 0 Å². The SMILES string of the molecule is N#Cc1cccnc1NCC(O)c1ccc(Cl)c(F)c1. The van der Waals surface area contributed by atoms with Crippen molar-refractivity contribution in [2.75, 3.05) is 11.9 Å². The Morgan fingerprint density at radius 2 is 2.25 bits per heavy atom. The van der Waals surface area contributed by atoms with Gasteiger partial charge in [0.1, 0.15) is 17.7 Å². The maximum absolute atomic E-state index is 13.3. The van der Waals surface area contributed by atoms with Gasteiger partial charge in [-0.2, -0.15) is 5.26 Å². The third kappa shape index (κ3) is 3.23. The van der Waals surface area contributed by atoms with Gasteiger partial charge in [-0.15, -0.1) is 0 Å². The minimum Gasteiger partial charge on any atom is -0.387 e. The highest BCUT2D eigenvalue weighted by Gasteiger charge is 2.11. The van der Waals surface area contributed by atoms with Crippen molar-refractivity contribution in [3.63, 3.8) is 0 Å². The van der Waals surface area contributed by atoms with Crippen LogP contribution >= 0.6 is 11.6 Å². The Morgan fingerprint density at radius 1 is 1.45 bits per heavy atom. The molecule has 0 spiro atoms. The highest BCUT2D eigenvalue weighted by Crippen LogP contribution is 2.21. The normalized spacial score (nSPS) is 11.7. The molecule has 102 valence electrons. The quantitative estimate of drug-likeness (QED) is 0.909. The Kier molecular flexibility index (Phi) is 4.51. The number of halogens is 2. The standard InChI is InChI=1S/C14H11ClFN3O/c15-11-4-3-9(6-12(11)16)13(20)8-19-14-10(7-17)2-1-5-18-14/h1-6,13,20H,8H2,(H,18,19). The lowest BCUT2D eigenvalue weighted by atomic mass is 10.1. The van der Waals surface area contributed by atoms with Crippen molar-refractivity contribution in [1.29, 1.82) is 5.26 Å². The summed E-state index contributed by atoms with van der Waals surface area (Å²) < 4.78 is 13.3. The average Bonchev–Trinajstić information content (AvgIpc) is 2.47. The summed E-state index contributed by atoms with van der Waals surface area (Å²) in [5.74, 6) is -0.206. The molecule has 0 bridgehead atoms. The van der Waals surface area contributed by atoms with Gasteiger partial charge in [-0.3, -0.25) is 0 Å². The van der Waals surface area contributed by atoms with Crippen molar-refractivity contribution in [2.45, 2.75) is 6.10 Å². The number of pyridine rings is 1. The van der Waals surface area contributed by atoms with Crippen LogP contribution in [0.1, 0.15) is 17.2 Å². The van der Waals surface area contributed by atoms with Crippen molar-refractivity contribution in [3.8, 4) is 6.07 Å². The van der Waals surface area contributed by atoms with Crippen LogP contribution < -0.4 is 5.32 Å². The van der Waals surface area contributed by atoms with E-state index in [1.807, 2.05) is 6.07 Å². The third-order valence-corrected chi connectivity index (χ3v) is 3.03. The van der Waals surface area contributed by atoms with Crippen LogP contribution in [0.5, 0.6) is 0 Å². The first-order valence-corrected chi connectivity index (χ1v) is 6.21. The van der Waals surface area contributed by atoms with Crippen molar-refractivity contribution in [1.82, 2.24) is 4.98 Å². The van der Waals surface area contributed by atoms with Crippen molar-refractivity contribution in [2.24, 2.45) is 0 Å². The smallest absolute Gasteiger partial charge is 0.143 e. The highest BCUT2D eigenvalue weighted by atomic mass is 35.5. The molecule has 0 aliphatic heterocycles. The van der Waals surface area contributed by atoms with E-state index in [0.717, 1.165) is 0 Å². The summed E-state index contributed by atoms with van der Waals surface area (Å²) in [6.45, 7) is 0.104. The van der Waals surface area contributed by atoms with E-state index in [4.69, 9.17) is 16.9 Å². The third-order valence-electron chi connectivity index (χ3n) is 2.72. The van der Waals surface area contributed by atoms with E-state index < -0.39 is 11.9 Å². The van der Waals surface area contributed by atoms with Crippen molar-refractivity contribution < 1.29 is 9.50 Å². The molecule has 1 aromatic heterocycles. The van der Waals surface area contributed by atoms with Gasteiger partial charge in [-0.1, -0.05) is 17.7 Å². The molecule has 20 heavy (non-hydrogen) atoms. The van der Waals surface area contributed by atoms with Crippen LogP contribution in [0.4, 0.5) is 10.2 Å². The molecule has 4 nitrogen and oxygen atoms in total. The van der Waals surface area contributed by atoms with Crippen LogP contribution in [0.15, 0.2) is 36.5 Å². The number of anilines is 1. The van der Waals surface area contributed by atoms with E-state index in [1.54, 1.807) is 18.2 Å². The van der Waals surface area contributed by atoms with Gasteiger partial charge in [0.25, 0.3) is 0 Å². The van der Waals surface area contributed by atoms with Gasteiger partial charge in [-0.05, 0) is 29.8 Å². The zero-order valence-electron chi connectivity index (χ0n) is 10.3. The Morgan fingerprint density at radius 3 is 2.95 bits per heavy atom. The molecule has 2 N–H and O–H groups in total. The van der Waals surface area contributed by atoms with E-state index in [0.29, 0.717) is 16.9 Å². The number of nitriles is 1. The monoisotopic (exact) mass is 291 g/mol. The van der Waals surface area contributed by atoms with Crippen LogP contribution in [0.3, 0.4) is 0 Å². The van der Waals surface area contributed by atoms with Gasteiger partial charge < -0.3 is 10.4 Å². The Labute approximate surface area is 120 Å². The first kappa shape index (κ1) is 14.3. The lowest BCUT2D eigenvalue weighted by Crippen LogP contribution is -2.14. The van der Waals surface area contributed by atoms with Crippen LogP contribution in [0, 0.1) is 17.1 Å². The summed E-state index contributed by atoms with van der Waals surface area (Å²) >= 11 is 5.58. The summed E-state index contributed by atoms with van der Waals surface area (Å²) in [7, 11) is 0. The van der Waals surface area contributed by atoms with Crippen LogP contribution in [0.25, 0.3) is 0 Å². The number of nitrogens with one attached hydrogen (secondary N) is 1. The van der Waals surface area contributed by atoms with Crippen molar-refractivity contribution in [3.05, 3.63) is 58.5 Å². The Hall–Kier alpha value is -2.16. The van der Waals surface area contributed by atoms with E-state index in [-0.39, 0.29) is 11.6 Å². The van der Waals surface area contributed by atoms with E-state index in [9.17, 15) is 9.50 Å². The number of nitrogens with zero attached hydrogens (tertiary/aromatic N) is 2. The molecule has 2 aromatic rings. The van der Waals surface area contributed by atoms with E-state index in [1.165, 1.54) is 18.3 Å². The second kappa shape index (κ2) is 6.33. The molecule has 2 rings (SSSR count). The molecular weight excluding hydrogens is 281 g/mol. The molecule has 0 radical (unpaired) electrons. The van der Waals surface area contributed by atoms with Gasteiger partial charge in [0, 0.05) is 12.7 Å². The number of aliphatic hydroxyl groups excluding tert-OH is 1. The number of rotatable bonds is 4. The summed E-state index contributed by atoms with van der Waals surface area (Å²) in [5.41, 5.74) is 0.774. The lowest BCUT2D eigenvalue weighted by molar-refractivity contribution is 0.191. The molecule has 1 aromatic carbocycles. The van der Waals surface area contributed by atoms with Gasteiger partial charge in [0.05, 0.1) is 16.7 Å². The molecule has 6 heteroatoms. The maximum atomic E-state index is 13.3. The zero-order chi connectivity index (χ0) is 14.5. The predicted octanol–water partition coefficient (Wildman–Crippen LogP) is 2.89. The van der Waals surface area contributed by atoms with Gasteiger partial charge in [0.15, 0.2) is 0 Å². The summed E-state index contributed by atoms with van der Waals surface area (Å²) in [6.07, 6.45) is 0.604. The lowest BCUT2D eigenvalue weighted by Gasteiger charge is -2.13. The molecule has 0 saturated heterocycles. The zero-order valence-corrected chi connectivity index (χ0v) is 11.1. The summed E-state index contributed by atoms with van der Waals surface area (Å²) in [6, 6.07) is 9.36. The highest BCUT2D eigenvalue weighted by molar-refractivity contribution is 6.30. The molecular formula is C14H11ClFN3O. The van der Waals surface area contributed by atoms with Gasteiger partial charge in [-0.25, -0.2) is 9.37 Å². The minimum absolute atomic E-state index is 0.00500. The minimum atomic E-state index is -0.935. The second-order valence-corrected chi connectivity index (χ2v) is 4.49. The number of benzene rings is 1. The first-order valence-electron chi connectivity index (χ1n) is 5.84. The fraction of sp³-hybridized carbons (Fsp3) is 0.143. The predicted molar refractivity (Wildman–Crippen MR) is 73.8 cm³/mol. The molecule has 1 unspecified atom stereocenters. The number of aromatic nitrogens is 1. The molecule has 0 saturated carbocycles. The second-order valence-electron chi connectivity index (χ2n) is 4.08. The van der Waals surface area contributed by atoms with E-state index >= 15 is 0 Å². The fourth-order valence-corrected chi connectivity index (χ4v) is 1.78. The van der Waals surface area contributed by atoms with Gasteiger partial charge >= 0.3 is 0 Å². The number of hydrogen-bond acceptors (Lipinski definition) is 4. The number of aliphatic hydroxyl groups is 1. The fourth-order valence-electron chi connectivity index (χ4n) is 1.67. The maximum Gasteiger partial charge on any atom is 0.143 e. The summed E-state index contributed by atoms with van der Waals surface area (Å²) in [5, 5.41) is 21.8. The Bertz CT molecular complexity index is 657. The first-order chi connectivity index (χ1) is 9.61. The largest absolute Gasteiger partial charge is 0.387 e. The average molecular weight is 292 g/mol. The topological polar surface area (TPSA) is 68.9 Å². The van der Waals surface area contributed by atoms with E-state index in [2.05, 4.69) is 10.3 Å². The molecule has 1 atom stereocenters. The van der Waals surface area contributed by atoms with Crippen LogP contribution in [0.2, 0.25) is 5.02 Å². The van der Waals surface area contributed by atoms with Gasteiger partial charge in [0.2, 0.25) is 0 Å². The molecule has 0 amide bonds. The molecule has 0 fully saturated rings. The summed E-state index contributed by atoms with van der Waals surface area (Å²) in [4.78, 5) is 4.01. The number of hydrogen-bond donors (Lipinski definition) is 2. The van der Waals surface area contributed by atoms with Crippen LogP contribution in [-0.4, -0.2) is 16.6 Å². The van der Waals surface area contributed by atoms with Crippen molar-refractivity contribution >= 4 is 17.4 Å². The molecule has 0 aliphatic carbocycles. The molecule has 1 heterocycles. The molecule has 0 aliphatic rings.